The van der Waals surface area contributed by atoms with Gasteiger partial charge in [0, 0.05) is 6.04 Å². The Kier molecular flexibility index (Phi) is 3.56. The molecule has 0 aliphatic carbocycles. The number of rotatable bonds is 2. The third-order valence-corrected chi connectivity index (χ3v) is 3.55. The molecule has 1 amide bonds. The summed E-state index contributed by atoms with van der Waals surface area (Å²) in [6.07, 6.45) is 0. The number of carbonyl (C=O) groups is 1. The molecule has 0 bridgehead atoms. The number of nitrogens with two attached hydrogens (primary N) is 1. The van der Waals surface area contributed by atoms with E-state index in [0.717, 1.165) is 0 Å². The minimum Gasteiger partial charge on any atom is -0.379 e. The number of amides is 1. The first kappa shape index (κ1) is 13.3. The predicted octanol–water partition coefficient (Wildman–Crippen LogP) is 1.35. The molecule has 2 heterocycles. The Bertz CT molecular complexity index is 480. The molecule has 1 fully saturated rings. The van der Waals surface area contributed by atoms with Crippen molar-refractivity contribution in [3.63, 3.8) is 0 Å². The van der Waals surface area contributed by atoms with Crippen LogP contribution in [0.25, 0.3) is 0 Å². The van der Waals surface area contributed by atoms with E-state index in [1.165, 1.54) is 0 Å². The van der Waals surface area contributed by atoms with E-state index in [0.29, 0.717) is 29.7 Å². The molecule has 0 saturated carbocycles. The lowest BCUT2D eigenvalue weighted by molar-refractivity contribution is -0.125. The molecule has 18 heavy (non-hydrogen) atoms. The summed E-state index contributed by atoms with van der Waals surface area (Å²) in [5.41, 5.74) is 6.52. The fourth-order valence-electron chi connectivity index (χ4n) is 1.85. The van der Waals surface area contributed by atoms with Crippen molar-refractivity contribution in [1.82, 2.24) is 4.98 Å². The van der Waals surface area contributed by atoms with E-state index in [1.54, 1.807) is 26.0 Å². The summed E-state index contributed by atoms with van der Waals surface area (Å²) in [4.78, 5) is 16.3. The highest BCUT2D eigenvalue weighted by molar-refractivity contribution is 6.29. The van der Waals surface area contributed by atoms with Crippen LogP contribution in [0.15, 0.2) is 12.1 Å². The van der Waals surface area contributed by atoms with Crippen molar-refractivity contribution in [3.05, 3.63) is 23.0 Å². The van der Waals surface area contributed by atoms with Crippen LogP contribution in [0.1, 0.15) is 12.6 Å². The van der Waals surface area contributed by atoms with Crippen LogP contribution in [-0.4, -0.2) is 30.1 Å². The van der Waals surface area contributed by atoms with Gasteiger partial charge in [0.15, 0.2) is 0 Å². The standard InChI is InChI=1S/C12H16ClN3O2/c1-7-8(3-4-10(13)15-7)16-11(17)12(2)6-18-5-9(12)14/h3-4,9H,5-6,14H2,1-2H3,(H,16,17). The molecule has 2 rings (SSSR count). The average molecular weight is 270 g/mol. The average Bonchev–Trinajstić information content (AvgIpc) is 2.64. The largest absolute Gasteiger partial charge is 0.379 e. The Hall–Kier alpha value is -1.17. The van der Waals surface area contributed by atoms with Crippen molar-refractivity contribution in [2.24, 2.45) is 11.1 Å². The summed E-state index contributed by atoms with van der Waals surface area (Å²) >= 11 is 5.77. The second-order valence-electron chi connectivity index (χ2n) is 4.76. The van der Waals surface area contributed by atoms with Gasteiger partial charge in [0.05, 0.1) is 30.0 Å². The maximum Gasteiger partial charge on any atom is 0.234 e. The van der Waals surface area contributed by atoms with E-state index in [2.05, 4.69) is 10.3 Å². The minimum absolute atomic E-state index is 0.153. The van der Waals surface area contributed by atoms with Crippen LogP contribution < -0.4 is 11.1 Å². The molecular weight excluding hydrogens is 254 g/mol. The number of pyridine rings is 1. The van der Waals surface area contributed by atoms with E-state index in [4.69, 9.17) is 22.1 Å². The van der Waals surface area contributed by atoms with Gasteiger partial charge in [-0.15, -0.1) is 0 Å². The molecule has 1 aromatic rings. The van der Waals surface area contributed by atoms with E-state index in [1.807, 2.05) is 0 Å². The maximum atomic E-state index is 12.3. The summed E-state index contributed by atoms with van der Waals surface area (Å²) in [5, 5.41) is 3.23. The Morgan fingerprint density at radius 2 is 2.39 bits per heavy atom. The van der Waals surface area contributed by atoms with E-state index < -0.39 is 5.41 Å². The Balaban J connectivity index is 2.16. The van der Waals surface area contributed by atoms with Gasteiger partial charge in [-0.25, -0.2) is 4.98 Å². The first-order valence-electron chi connectivity index (χ1n) is 5.71. The fraction of sp³-hybridized carbons (Fsp3) is 0.500. The SMILES string of the molecule is Cc1nc(Cl)ccc1NC(=O)C1(C)COCC1N. The van der Waals surface area contributed by atoms with Gasteiger partial charge in [0.2, 0.25) is 5.91 Å². The van der Waals surface area contributed by atoms with Gasteiger partial charge in [-0.2, -0.15) is 0 Å². The monoisotopic (exact) mass is 269 g/mol. The Morgan fingerprint density at radius 3 is 2.94 bits per heavy atom. The van der Waals surface area contributed by atoms with Crippen LogP contribution in [-0.2, 0) is 9.53 Å². The quantitative estimate of drug-likeness (QED) is 0.795. The number of ether oxygens (including phenoxy) is 1. The molecule has 5 nitrogen and oxygen atoms in total. The number of aromatic nitrogens is 1. The first-order valence-corrected chi connectivity index (χ1v) is 6.09. The zero-order valence-electron chi connectivity index (χ0n) is 10.4. The third-order valence-electron chi connectivity index (χ3n) is 3.34. The maximum absolute atomic E-state index is 12.3. The van der Waals surface area contributed by atoms with Crippen molar-refractivity contribution in [3.8, 4) is 0 Å². The number of aryl methyl sites for hydroxylation is 1. The van der Waals surface area contributed by atoms with Gasteiger partial charge in [-0.3, -0.25) is 4.79 Å². The van der Waals surface area contributed by atoms with Crippen LogP contribution >= 0.6 is 11.6 Å². The molecule has 1 aliphatic heterocycles. The molecular formula is C12H16ClN3O2. The van der Waals surface area contributed by atoms with Crippen molar-refractivity contribution >= 4 is 23.2 Å². The first-order chi connectivity index (χ1) is 8.43. The minimum atomic E-state index is -0.702. The molecule has 0 radical (unpaired) electrons. The van der Waals surface area contributed by atoms with Crippen LogP contribution in [0.5, 0.6) is 0 Å². The van der Waals surface area contributed by atoms with Gasteiger partial charge < -0.3 is 15.8 Å². The number of hydrogen-bond donors (Lipinski definition) is 2. The van der Waals surface area contributed by atoms with Gasteiger partial charge in [0.1, 0.15) is 5.15 Å². The molecule has 2 unspecified atom stereocenters. The number of anilines is 1. The predicted molar refractivity (Wildman–Crippen MR) is 69.5 cm³/mol. The van der Waals surface area contributed by atoms with Gasteiger partial charge in [0.25, 0.3) is 0 Å². The molecule has 1 saturated heterocycles. The van der Waals surface area contributed by atoms with Crippen LogP contribution in [0.4, 0.5) is 5.69 Å². The fourth-order valence-corrected chi connectivity index (χ4v) is 2.04. The second-order valence-corrected chi connectivity index (χ2v) is 5.15. The highest BCUT2D eigenvalue weighted by Gasteiger charge is 2.44. The second kappa shape index (κ2) is 4.84. The van der Waals surface area contributed by atoms with Crippen LogP contribution in [0.3, 0.4) is 0 Å². The van der Waals surface area contributed by atoms with Gasteiger partial charge >= 0.3 is 0 Å². The van der Waals surface area contributed by atoms with Crippen LogP contribution in [0.2, 0.25) is 5.15 Å². The van der Waals surface area contributed by atoms with Crippen molar-refractivity contribution in [1.29, 1.82) is 0 Å². The smallest absolute Gasteiger partial charge is 0.234 e. The third kappa shape index (κ3) is 2.34. The lowest BCUT2D eigenvalue weighted by Gasteiger charge is -2.25. The molecule has 98 valence electrons. The topological polar surface area (TPSA) is 77.2 Å². The molecule has 1 aliphatic rings. The molecule has 6 heteroatoms. The highest BCUT2D eigenvalue weighted by Crippen LogP contribution is 2.29. The number of hydrogen-bond acceptors (Lipinski definition) is 4. The van der Waals surface area contributed by atoms with Gasteiger partial charge in [-0.05, 0) is 26.0 Å². The Labute approximate surface area is 111 Å². The summed E-state index contributed by atoms with van der Waals surface area (Å²) in [6, 6.07) is 3.07. The van der Waals surface area contributed by atoms with Crippen molar-refractivity contribution in [2.45, 2.75) is 19.9 Å². The molecule has 1 aromatic heterocycles. The number of nitrogens with one attached hydrogen (secondary N) is 1. The normalized spacial score (nSPS) is 27.2. The molecule has 2 atom stereocenters. The van der Waals surface area contributed by atoms with Crippen molar-refractivity contribution < 1.29 is 9.53 Å². The zero-order chi connectivity index (χ0) is 13.3. The lowest BCUT2D eigenvalue weighted by Crippen LogP contribution is -2.47. The van der Waals surface area contributed by atoms with E-state index >= 15 is 0 Å². The number of nitrogens with zero attached hydrogens (tertiary/aromatic N) is 1. The summed E-state index contributed by atoms with van der Waals surface area (Å²) in [5.74, 6) is -0.153. The summed E-state index contributed by atoms with van der Waals surface area (Å²) in [6.45, 7) is 4.33. The van der Waals surface area contributed by atoms with E-state index in [-0.39, 0.29) is 11.9 Å². The summed E-state index contributed by atoms with van der Waals surface area (Å²) < 4.78 is 5.26. The molecule has 0 spiro atoms. The highest BCUT2D eigenvalue weighted by atomic mass is 35.5. The molecule has 3 N–H and O–H groups in total. The lowest BCUT2D eigenvalue weighted by atomic mass is 9.85. The van der Waals surface area contributed by atoms with E-state index in [9.17, 15) is 4.79 Å². The zero-order valence-corrected chi connectivity index (χ0v) is 11.1. The Morgan fingerprint density at radius 1 is 1.67 bits per heavy atom. The van der Waals surface area contributed by atoms with Gasteiger partial charge in [-0.1, -0.05) is 11.6 Å². The number of carbonyl (C=O) groups excluding carboxylic acids is 1. The molecule has 0 aromatic carbocycles. The number of halogens is 1. The summed E-state index contributed by atoms with van der Waals surface area (Å²) in [7, 11) is 0. The van der Waals surface area contributed by atoms with Crippen molar-refractivity contribution in [2.75, 3.05) is 18.5 Å². The van der Waals surface area contributed by atoms with Crippen LogP contribution in [0, 0.1) is 12.3 Å².